The summed E-state index contributed by atoms with van der Waals surface area (Å²) in [5.74, 6) is 0.841. The maximum atomic E-state index is 12.4. The molecule has 2 N–H and O–H groups in total. The fourth-order valence-corrected chi connectivity index (χ4v) is 3.10. The Morgan fingerprint density at radius 1 is 1.19 bits per heavy atom. The van der Waals surface area contributed by atoms with Gasteiger partial charge in [-0.15, -0.1) is 0 Å². The molecule has 0 saturated heterocycles. The van der Waals surface area contributed by atoms with Crippen molar-refractivity contribution in [2.45, 2.75) is 19.0 Å². The van der Waals surface area contributed by atoms with Crippen molar-refractivity contribution in [2.75, 3.05) is 11.9 Å². The molecular weight excluding hydrogens is 328 g/mol. The Labute approximate surface area is 151 Å². The van der Waals surface area contributed by atoms with Gasteiger partial charge in [0.2, 0.25) is 0 Å². The molecule has 6 nitrogen and oxygen atoms in total. The molecular formula is C20H20N4O2. The van der Waals surface area contributed by atoms with Crippen molar-refractivity contribution in [1.29, 1.82) is 0 Å². The second kappa shape index (κ2) is 7.31. The lowest BCUT2D eigenvalue weighted by molar-refractivity contribution is 0.232. The van der Waals surface area contributed by atoms with Crippen LogP contribution in [0.1, 0.15) is 23.6 Å². The number of nitrogens with one attached hydrogen (secondary N) is 2. The van der Waals surface area contributed by atoms with E-state index in [2.05, 4.69) is 15.6 Å². The third-order valence-electron chi connectivity index (χ3n) is 4.40. The molecule has 6 heteroatoms. The Morgan fingerprint density at radius 3 is 2.85 bits per heavy atom. The Kier molecular flexibility index (Phi) is 4.55. The Bertz CT molecular complexity index is 875. The second-order valence-electron chi connectivity index (χ2n) is 6.26. The minimum absolute atomic E-state index is 0.0412. The van der Waals surface area contributed by atoms with Crippen molar-refractivity contribution in [3.63, 3.8) is 0 Å². The highest BCUT2D eigenvalue weighted by Crippen LogP contribution is 2.31. The molecule has 2 aromatic carbocycles. The Balaban J connectivity index is 1.36. The number of para-hydroxylation sites is 1. The largest absolute Gasteiger partial charge is 0.493 e. The number of amides is 2. The molecule has 26 heavy (non-hydrogen) atoms. The van der Waals surface area contributed by atoms with Gasteiger partial charge in [0.15, 0.2) is 0 Å². The molecule has 0 aliphatic carbocycles. The summed E-state index contributed by atoms with van der Waals surface area (Å²) in [5, 5.41) is 5.93. The number of urea groups is 1. The first-order chi connectivity index (χ1) is 12.8. The highest BCUT2D eigenvalue weighted by molar-refractivity contribution is 5.89. The van der Waals surface area contributed by atoms with Crippen LogP contribution in [0.4, 0.5) is 10.5 Å². The van der Waals surface area contributed by atoms with E-state index in [9.17, 15) is 4.79 Å². The first kappa shape index (κ1) is 16.2. The van der Waals surface area contributed by atoms with Gasteiger partial charge >= 0.3 is 6.03 Å². The lowest BCUT2D eigenvalue weighted by Crippen LogP contribution is -2.35. The highest BCUT2D eigenvalue weighted by atomic mass is 16.5. The summed E-state index contributed by atoms with van der Waals surface area (Å²) < 4.78 is 7.63. The van der Waals surface area contributed by atoms with Crippen LogP contribution in [0.25, 0.3) is 0 Å². The summed E-state index contributed by atoms with van der Waals surface area (Å²) in [6.45, 7) is 1.36. The lowest BCUT2D eigenvalue weighted by atomic mass is 10.0. The summed E-state index contributed by atoms with van der Waals surface area (Å²) in [4.78, 5) is 16.4. The number of ether oxygens (including phenoxy) is 1. The third kappa shape index (κ3) is 3.69. The van der Waals surface area contributed by atoms with Crippen LogP contribution >= 0.6 is 0 Å². The zero-order valence-corrected chi connectivity index (χ0v) is 14.3. The number of rotatable bonds is 4. The zero-order valence-electron chi connectivity index (χ0n) is 14.3. The SMILES string of the molecule is O=C(Nc1ccc(Cn2ccnc2)cc1)NC1CCOc2ccccc21. The van der Waals surface area contributed by atoms with Gasteiger partial charge in [-0.05, 0) is 23.8 Å². The van der Waals surface area contributed by atoms with Gasteiger partial charge in [-0.25, -0.2) is 9.78 Å². The van der Waals surface area contributed by atoms with Crippen LogP contribution < -0.4 is 15.4 Å². The van der Waals surface area contributed by atoms with E-state index in [-0.39, 0.29) is 12.1 Å². The molecule has 1 unspecified atom stereocenters. The van der Waals surface area contributed by atoms with E-state index < -0.39 is 0 Å². The molecule has 0 bridgehead atoms. The van der Waals surface area contributed by atoms with Crippen LogP contribution in [0.3, 0.4) is 0 Å². The maximum absolute atomic E-state index is 12.4. The van der Waals surface area contributed by atoms with E-state index in [1.807, 2.05) is 59.3 Å². The number of benzene rings is 2. The fourth-order valence-electron chi connectivity index (χ4n) is 3.10. The molecule has 0 radical (unpaired) electrons. The van der Waals surface area contributed by atoms with Crippen LogP contribution in [0.2, 0.25) is 0 Å². The van der Waals surface area contributed by atoms with Crippen LogP contribution in [-0.4, -0.2) is 22.2 Å². The summed E-state index contributed by atoms with van der Waals surface area (Å²) in [5.41, 5.74) is 2.93. The molecule has 1 aliphatic rings. The number of aromatic nitrogens is 2. The van der Waals surface area contributed by atoms with Crippen molar-refractivity contribution >= 4 is 11.7 Å². The number of imidazole rings is 1. The van der Waals surface area contributed by atoms with Crippen LogP contribution in [0.15, 0.2) is 67.3 Å². The van der Waals surface area contributed by atoms with Gasteiger partial charge < -0.3 is 19.9 Å². The normalized spacial score (nSPS) is 15.6. The molecule has 1 aliphatic heterocycles. The highest BCUT2D eigenvalue weighted by Gasteiger charge is 2.22. The number of nitrogens with zero attached hydrogens (tertiary/aromatic N) is 2. The van der Waals surface area contributed by atoms with Crippen LogP contribution in [0.5, 0.6) is 5.75 Å². The average molecular weight is 348 g/mol. The van der Waals surface area contributed by atoms with E-state index in [0.29, 0.717) is 6.61 Å². The smallest absolute Gasteiger partial charge is 0.319 e. The molecule has 2 heterocycles. The zero-order chi connectivity index (χ0) is 17.8. The van der Waals surface area contributed by atoms with E-state index in [0.717, 1.165) is 35.5 Å². The van der Waals surface area contributed by atoms with Gasteiger partial charge in [0.1, 0.15) is 5.75 Å². The van der Waals surface area contributed by atoms with Crippen molar-refractivity contribution in [1.82, 2.24) is 14.9 Å². The lowest BCUT2D eigenvalue weighted by Gasteiger charge is -2.26. The summed E-state index contributed by atoms with van der Waals surface area (Å²) in [6, 6.07) is 15.4. The molecule has 0 saturated carbocycles. The van der Waals surface area contributed by atoms with Crippen molar-refractivity contribution in [2.24, 2.45) is 0 Å². The molecule has 3 aromatic rings. The predicted octanol–water partition coefficient (Wildman–Crippen LogP) is 3.58. The summed E-state index contributed by atoms with van der Waals surface area (Å²) in [7, 11) is 0. The molecule has 0 spiro atoms. The van der Waals surface area contributed by atoms with Crippen molar-refractivity contribution in [3.8, 4) is 5.75 Å². The minimum atomic E-state index is -0.214. The van der Waals surface area contributed by atoms with E-state index in [1.165, 1.54) is 0 Å². The number of hydrogen-bond acceptors (Lipinski definition) is 3. The predicted molar refractivity (Wildman–Crippen MR) is 99.2 cm³/mol. The Hall–Kier alpha value is -3.28. The number of fused-ring (bicyclic) bond motifs is 1. The standard InChI is InChI=1S/C20H20N4O2/c25-20(23-18-9-12-26-19-4-2-1-3-17(18)19)22-16-7-5-15(6-8-16)13-24-11-10-21-14-24/h1-8,10-11,14,18H,9,12-13H2,(H2,22,23,25). The summed E-state index contributed by atoms with van der Waals surface area (Å²) in [6.07, 6.45) is 6.22. The molecule has 2 amide bonds. The van der Waals surface area contributed by atoms with Crippen molar-refractivity contribution in [3.05, 3.63) is 78.4 Å². The fraction of sp³-hybridized carbons (Fsp3) is 0.200. The summed E-state index contributed by atoms with van der Waals surface area (Å²) >= 11 is 0. The maximum Gasteiger partial charge on any atom is 0.319 e. The first-order valence-electron chi connectivity index (χ1n) is 8.62. The van der Waals surface area contributed by atoms with Gasteiger partial charge in [0.05, 0.1) is 19.0 Å². The Morgan fingerprint density at radius 2 is 2.04 bits per heavy atom. The molecule has 0 fully saturated rings. The second-order valence-corrected chi connectivity index (χ2v) is 6.26. The van der Waals surface area contributed by atoms with Crippen LogP contribution in [0, 0.1) is 0 Å². The van der Waals surface area contributed by atoms with Crippen molar-refractivity contribution < 1.29 is 9.53 Å². The van der Waals surface area contributed by atoms with Crippen LogP contribution in [-0.2, 0) is 6.54 Å². The van der Waals surface area contributed by atoms with Gasteiger partial charge in [-0.3, -0.25) is 0 Å². The number of carbonyl (C=O) groups is 1. The molecule has 132 valence electrons. The quantitative estimate of drug-likeness (QED) is 0.757. The monoisotopic (exact) mass is 348 g/mol. The topological polar surface area (TPSA) is 68.2 Å². The van der Waals surface area contributed by atoms with E-state index >= 15 is 0 Å². The number of hydrogen-bond donors (Lipinski definition) is 2. The third-order valence-corrected chi connectivity index (χ3v) is 4.40. The van der Waals surface area contributed by atoms with Gasteiger partial charge in [-0.1, -0.05) is 30.3 Å². The molecule has 1 aromatic heterocycles. The van der Waals surface area contributed by atoms with E-state index in [1.54, 1.807) is 12.5 Å². The minimum Gasteiger partial charge on any atom is -0.493 e. The van der Waals surface area contributed by atoms with Gasteiger partial charge in [0.25, 0.3) is 0 Å². The van der Waals surface area contributed by atoms with E-state index in [4.69, 9.17) is 4.74 Å². The van der Waals surface area contributed by atoms with Gasteiger partial charge in [-0.2, -0.15) is 0 Å². The molecule has 1 atom stereocenters. The number of carbonyl (C=O) groups excluding carboxylic acids is 1. The average Bonchev–Trinajstić information content (AvgIpc) is 3.17. The first-order valence-corrected chi connectivity index (χ1v) is 8.62. The molecule has 4 rings (SSSR count). The number of anilines is 1. The van der Waals surface area contributed by atoms with Gasteiger partial charge in [0, 0.05) is 36.6 Å².